The fraction of sp³-hybridized carbons (Fsp3) is 0.231. The zero-order valence-corrected chi connectivity index (χ0v) is 21.0. The van der Waals surface area contributed by atoms with Crippen LogP contribution in [0.2, 0.25) is 0 Å². The third-order valence-corrected chi connectivity index (χ3v) is 6.71. The minimum Gasteiger partial charge on any atom is -0.497 e. The fourth-order valence-electron chi connectivity index (χ4n) is 4.76. The van der Waals surface area contributed by atoms with Crippen LogP contribution >= 0.6 is 0 Å². The summed E-state index contributed by atoms with van der Waals surface area (Å²) in [6.45, 7) is 1.10. The summed E-state index contributed by atoms with van der Waals surface area (Å²) >= 11 is 0. The summed E-state index contributed by atoms with van der Waals surface area (Å²) < 4.78 is 41.4. The standard InChI is InChI=1S/C26H26N4O5S/c1-33-19-11-9-18(10-12-19)26(24-28-13-14-30(24)25(27)29-26)23-21(17-7-5-4-6-8-17)15-20(34-2)16-22(23)35-36(3,31)32/h4-12,15-16H,13-14H2,1-3H3,(H2,27,29). The molecular weight excluding hydrogens is 480 g/mol. The van der Waals surface area contributed by atoms with Gasteiger partial charge in [0, 0.05) is 18.2 Å². The number of nitrogens with zero attached hydrogens (tertiary/aromatic N) is 3. The van der Waals surface area contributed by atoms with Gasteiger partial charge in [0.1, 0.15) is 17.3 Å². The van der Waals surface area contributed by atoms with Crippen LogP contribution in [0.15, 0.2) is 76.7 Å². The zero-order chi connectivity index (χ0) is 25.5. The molecule has 3 aromatic rings. The summed E-state index contributed by atoms with van der Waals surface area (Å²) in [4.78, 5) is 11.6. The number of aliphatic imine (C=N–C) groups is 2. The molecule has 2 aliphatic heterocycles. The van der Waals surface area contributed by atoms with Gasteiger partial charge in [0.15, 0.2) is 17.2 Å². The molecule has 0 spiro atoms. The Balaban J connectivity index is 1.92. The predicted octanol–water partition coefficient (Wildman–Crippen LogP) is 3.00. The van der Waals surface area contributed by atoms with Crippen molar-refractivity contribution in [3.05, 3.63) is 77.9 Å². The molecule has 0 bridgehead atoms. The van der Waals surface area contributed by atoms with Crippen LogP contribution in [0, 0.1) is 0 Å². The van der Waals surface area contributed by atoms with Crippen molar-refractivity contribution in [1.29, 1.82) is 0 Å². The molecular formula is C26H26N4O5S. The largest absolute Gasteiger partial charge is 0.497 e. The molecule has 2 heterocycles. The number of rotatable bonds is 7. The van der Waals surface area contributed by atoms with Crippen molar-refractivity contribution in [2.45, 2.75) is 5.54 Å². The molecule has 0 radical (unpaired) electrons. The molecule has 0 aromatic heterocycles. The normalized spacial score (nSPS) is 18.9. The molecule has 5 rings (SSSR count). The van der Waals surface area contributed by atoms with Crippen LogP contribution in [-0.4, -0.2) is 58.7 Å². The van der Waals surface area contributed by atoms with E-state index < -0.39 is 15.7 Å². The average molecular weight is 507 g/mol. The predicted molar refractivity (Wildman–Crippen MR) is 138 cm³/mol. The van der Waals surface area contributed by atoms with E-state index in [0.717, 1.165) is 17.4 Å². The number of methoxy groups -OCH3 is 2. The molecule has 1 atom stereocenters. The molecule has 0 fully saturated rings. The van der Waals surface area contributed by atoms with Gasteiger partial charge in [-0.3, -0.25) is 9.89 Å². The summed E-state index contributed by atoms with van der Waals surface area (Å²) in [5.41, 5.74) is 7.89. The second-order valence-corrected chi connectivity index (χ2v) is 10.0. The van der Waals surface area contributed by atoms with Crippen LogP contribution < -0.4 is 19.4 Å². The van der Waals surface area contributed by atoms with E-state index in [0.29, 0.717) is 47.5 Å². The maximum absolute atomic E-state index is 12.5. The Hall–Kier alpha value is -4.05. The first kappa shape index (κ1) is 23.7. The highest BCUT2D eigenvalue weighted by atomic mass is 32.2. The molecule has 0 saturated carbocycles. The first-order valence-electron chi connectivity index (χ1n) is 11.3. The third-order valence-electron chi connectivity index (χ3n) is 6.23. The Morgan fingerprint density at radius 1 is 0.972 bits per heavy atom. The topological polar surface area (TPSA) is 116 Å². The fourth-order valence-corrected chi connectivity index (χ4v) is 5.21. The van der Waals surface area contributed by atoms with E-state index >= 15 is 0 Å². The number of nitrogens with two attached hydrogens (primary N) is 1. The number of hydrogen-bond donors (Lipinski definition) is 1. The van der Waals surface area contributed by atoms with Gasteiger partial charge in [-0.15, -0.1) is 0 Å². The lowest BCUT2D eigenvalue weighted by Crippen LogP contribution is -2.41. The van der Waals surface area contributed by atoms with Gasteiger partial charge in [-0.2, -0.15) is 8.42 Å². The van der Waals surface area contributed by atoms with Gasteiger partial charge in [-0.1, -0.05) is 42.5 Å². The van der Waals surface area contributed by atoms with Crippen LogP contribution in [-0.2, 0) is 15.7 Å². The van der Waals surface area contributed by atoms with Gasteiger partial charge in [-0.05, 0) is 34.9 Å². The highest BCUT2D eigenvalue weighted by molar-refractivity contribution is 7.86. The van der Waals surface area contributed by atoms with Crippen LogP contribution in [0.5, 0.6) is 17.2 Å². The minimum atomic E-state index is -3.92. The van der Waals surface area contributed by atoms with Crippen LogP contribution in [0.3, 0.4) is 0 Å². The van der Waals surface area contributed by atoms with Crippen LogP contribution in [0.4, 0.5) is 0 Å². The number of fused-ring (bicyclic) bond motifs is 1. The quantitative estimate of drug-likeness (QED) is 0.490. The van der Waals surface area contributed by atoms with Gasteiger partial charge in [0.25, 0.3) is 0 Å². The van der Waals surface area contributed by atoms with Crippen molar-refractivity contribution < 1.29 is 22.1 Å². The summed E-state index contributed by atoms with van der Waals surface area (Å²) in [7, 11) is -0.810. The molecule has 0 saturated heterocycles. The summed E-state index contributed by atoms with van der Waals surface area (Å²) in [6.07, 6.45) is 1.00. The Morgan fingerprint density at radius 2 is 1.67 bits per heavy atom. The molecule has 2 aliphatic rings. The first-order chi connectivity index (χ1) is 17.3. The smallest absolute Gasteiger partial charge is 0.306 e. The van der Waals surface area contributed by atoms with Gasteiger partial charge >= 0.3 is 10.1 Å². The molecule has 9 nitrogen and oxygen atoms in total. The van der Waals surface area contributed by atoms with Crippen molar-refractivity contribution in [1.82, 2.24) is 4.90 Å². The van der Waals surface area contributed by atoms with Gasteiger partial charge in [0.2, 0.25) is 0 Å². The molecule has 0 aliphatic carbocycles. The summed E-state index contributed by atoms with van der Waals surface area (Å²) in [5.74, 6) is 2.08. The van der Waals surface area contributed by atoms with Gasteiger partial charge in [-0.25, -0.2) is 4.99 Å². The Kier molecular flexibility index (Phi) is 5.83. The maximum Gasteiger partial charge on any atom is 0.306 e. The Bertz CT molecular complexity index is 1470. The first-order valence-corrected chi connectivity index (χ1v) is 13.1. The summed E-state index contributed by atoms with van der Waals surface area (Å²) in [5, 5.41) is 0. The second kappa shape index (κ2) is 8.87. The third kappa shape index (κ3) is 3.93. The SMILES string of the molecule is COc1ccc(C2(c3c(OS(C)(=O)=O)cc(OC)cc3-c3ccccc3)N=C(N)N3CCN=C32)cc1. The molecule has 10 heteroatoms. The molecule has 36 heavy (non-hydrogen) atoms. The van der Waals surface area contributed by atoms with Crippen LogP contribution in [0.25, 0.3) is 11.1 Å². The average Bonchev–Trinajstić information content (AvgIpc) is 3.47. The molecule has 0 amide bonds. The minimum absolute atomic E-state index is 0.0829. The lowest BCUT2D eigenvalue weighted by molar-refractivity contribution is 0.411. The van der Waals surface area contributed by atoms with Crippen molar-refractivity contribution in [3.63, 3.8) is 0 Å². The van der Waals surface area contributed by atoms with Gasteiger partial charge in [0.05, 0.1) is 27.0 Å². The van der Waals surface area contributed by atoms with E-state index in [1.54, 1.807) is 13.2 Å². The maximum atomic E-state index is 12.5. The highest BCUT2D eigenvalue weighted by Gasteiger charge is 2.53. The van der Waals surface area contributed by atoms with Crippen molar-refractivity contribution in [2.75, 3.05) is 33.6 Å². The van der Waals surface area contributed by atoms with Crippen molar-refractivity contribution in [3.8, 4) is 28.4 Å². The number of ether oxygens (including phenoxy) is 2. The monoisotopic (exact) mass is 506 g/mol. The number of guanidine groups is 1. The molecule has 186 valence electrons. The van der Waals surface area contributed by atoms with Crippen molar-refractivity contribution >= 4 is 21.9 Å². The Morgan fingerprint density at radius 3 is 2.31 bits per heavy atom. The lowest BCUT2D eigenvalue weighted by Gasteiger charge is -2.32. The van der Waals surface area contributed by atoms with Gasteiger partial charge < -0.3 is 19.4 Å². The Labute approximate surface area is 210 Å². The highest BCUT2D eigenvalue weighted by Crippen LogP contribution is 2.51. The zero-order valence-electron chi connectivity index (χ0n) is 20.1. The van der Waals surface area contributed by atoms with E-state index in [1.165, 1.54) is 7.11 Å². The van der Waals surface area contributed by atoms with E-state index in [1.807, 2.05) is 65.6 Å². The van der Waals surface area contributed by atoms with E-state index in [2.05, 4.69) is 0 Å². The number of hydrogen-bond acceptors (Lipinski definition) is 9. The van der Waals surface area contributed by atoms with Crippen molar-refractivity contribution in [2.24, 2.45) is 15.7 Å². The molecule has 2 N–H and O–H groups in total. The number of amidine groups is 1. The lowest BCUT2D eigenvalue weighted by atomic mass is 9.78. The number of benzene rings is 3. The molecule has 3 aromatic carbocycles. The summed E-state index contributed by atoms with van der Waals surface area (Å²) in [6, 6.07) is 20.4. The van der Waals surface area contributed by atoms with E-state index in [9.17, 15) is 8.42 Å². The van der Waals surface area contributed by atoms with E-state index in [4.69, 9.17) is 29.4 Å². The second-order valence-electron chi connectivity index (χ2n) is 8.47. The van der Waals surface area contributed by atoms with Crippen LogP contribution in [0.1, 0.15) is 11.1 Å². The molecule has 1 unspecified atom stereocenters. The van der Waals surface area contributed by atoms with E-state index in [-0.39, 0.29) is 5.75 Å².